The average Bonchev–Trinajstić information content (AvgIpc) is 2.73. The van der Waals surface area contributed by atoms with Crippen LogP contribution in [0, 0.1) is 11.3 Å². The van der Waals surface area contributed by atoms with Crippen molar-refractivity contribution < 1.29 is 17.9 Å². The second-order valence-electron chi connectivity index (χ2n) is 3.77. The number of nitrogens with zero attached hydrogens (tertiary/aromatic N) is 3. The van der Waals surface area contributed by atoms with Crippen LogP contribution in [0.5, 0.6) is 11.5 Å². The summed E-state index contributed by atoms with van der Waals surface area (Å²) in [5.41, 5.74) is -1.46. The lowest BCUT2D eigenvalue weighted by atomic mass is 10.1. The van der Waals surface area contributed by atoms with E-state index in [1.807, 2.05) is 0 Å². The lowest BCUT2D eigenvalue weighted by molar-refractivity contribution is -0.137. The SMILES string of the molecule is Cn1cc(Oc2ccc(C#N)c(C(F)(F)F)c2)cn1. The third-order valence-corrected chi connectivity index (χ3v) is 2.33. The molecule has 0 unspecified atom stereocenters. The minimum Gasteiger partial charge on any atom is -0.454 e. The van der Waals surface area contributed by atoms with E-state index in [-0.39, 0.29) is 5.75 Å². The molecule has 0 saturated carbocycles. The number of halogens is 3. The van der Waals surface area contributed by atoms with E-state index in [9.17, 15) is 13.2 Å². The fourth-order valence-corrected chi connectivity index (χ4v) is 1.51. The first-order valence-electron chi connectivity index (χ1n) is 5.18. The molecule has 0 amide bonds. The minimum absolute atomic E-state index is 0.000625. The van der Waals surface area contributed by atoms with Crippen molar-refractivity contribution in [2.45, 2.75) is 6.18 Å². The molecule has 0 spiro atoms. The van der Waals surface area contributed by atoms with Crippen LogP contribution < -0.4 is 4.74 Å². The fourth-order valence-electron chi connectivity index (χ4n) is 1.51. The highest BCUT2D eigenvalue weighted by Gasteiger charge is 2.34. The number of benzene rings is 1. The van der Waals surface area contributed by atoms with E-state index in [1.54, 1.807) is 7.05 Å². The van der Waals surface area contributed by atoms with Gasteiger partial charge in [0.25, 0.3) is 0 Å². The molecule has 1 aromatic carbocycles. The molecular weight excluding hydrogens is 259 g/mol. The van der Waals surface area contributed by atoms with Crippen molar-refractivity contribution in [2.75, 3.05) is 0 Å². The van der Waals surface area contributed by atoms with Crippen LogP contribution in [0.2, 0.25) is 0 Å². The van der Waals surface area contributed by atoms with Crippen LogP contribution in [0.4, 0.5) is 13.2 Å². The van der Waals surface area contributed by atoms with Crippen LogP contribution in [0.15, 0.2) is 30.6 Å². The van der Waals surface area contributed by atoms with Gasteiger partial charge in [-0.25, -0.2) is 0 Å². The zero-order chi connectivity index (χ0) is 14.0. The first-order chi connectivity index (χ1) is 8.90. The smallest absolute Gasteiger partial charge is 0.417 e. The van der Waals surface area contributed by atoms with E-state index >= 15 is 0 Å². The van der Waals surface area contributed by atoms with Gasteiger partial charge in [-0.3, -0.25) is 4.68 Å². The molecule has 2 rings (SSSR count). The van der Waals surface area contributed by atoms with Gasteiger partial charge in [-0.1, -0.05) is 0 Å². The van der Waals surface area contributed by atoms with Crippen molar-refractivity contribution >= 4 is 0 Å². The lowest BCUT2D eigenvalue weighted by Crippen LogP contribution is -2.07. The van der Waals surface area contributed by atoms with Crippen LogP contribution in [0.25, 0.3) is 0 Å². The Hall–Kier alpha value is -2.49. The van der Waals surface area contributed by atoms with Gasteiger partial charge in [0.1, 0.15) is 5.75 Å². The number of alkyl halides is 3. The second-order valence-corrected chi connectivity index (χ2v) is 3.77. The molecule has 0 N–H and O–H groups in total. The van der Waals surface area contributed by atoms with E-state index in [0.29, 0.717) is 5.75 Å². The van der Waals surface area contributed by atoms with Gasteiger partial charge >= 0.3 is 6.18 Å². The standard InChI is InChI=1S/C12H8F3N3O/c1-18-7-10(6-17-18)19-9-3-2-8(5-16)11(4-9)12(13,14)15/h2-4,6-7H,1H3. The zero-order valence-corrected chi connectivity index (χ0v) is 9.77. The second kappa shape index (κ2) is 4.65. The van der Waals surface area contributed by atoms with Crippen molar-refractivity contribution in [3.8, 4) is 17.6 Å². The molecule has 1 aromatic heterocycles. The van der Waals surface area contributed by atoms with E-state index in [0.717, 1.165) is 12.1 Å². The third-order valence-electron chi connectivity index (χ3n) is 2.33. The molecular formula is C12H8F3N3O. The molecule has 19 heavy (non-hydrogen) atoms. The molecule has 0 fully saturated rings. The predicted molar refractivity (Wildman–Crippen MR) is 59.4 cm³/mol. The Balaban J connectivity index is 2.36. The Bertz CT molecular complexity index is 640. The van der Waals surface area contributed by atoms with Gasteiger partial charge in [-0.05, 0) is 18.2 Å². The van der Waals surface area contributed by atoms with Crippen LogP contribution in [0.3, 0.4) is 0 Å². The number of ether oxygens (including phenoxy) is 1. The van der Waals surface area contributed by atoms with E-state index in [4.69, 9.17) is 10.00 Å². The summed E-state index contributed by atoms with van der Waals surface area (Å²) in [5, 5.41) is 12.5. The summed E-state index contributed by atoms with van der Waals surface area (Å²) < 4.78 is 44.9. The fraction of sp³-hybridized carbons (Fsp3) is 0.167. The summed E-state index contributed by atoms with van der Waals surface area (Å²) in [4.78, 5) is 0. The van der Waals surface area contributed by atoms with E-state index in [1.165, 1.54) is 29.2 Å². The monoisotopic (exact) mass is 267 g/mol. The molecule has 0 radical (unpaired) electrons. The molecule has 7 heteroatoms. The Morgan fingerprint density at radius 1 is 1.32 bits per heavy atom. The molecule has 4 nitrogen and oxygen atoms in total. The van der Waals surface area contributed by atoms with E-state index in [2.05, 4.69) is 5.10 Å². The van der Waals surface area contributed by atoms with Gasteiger partial charge in [-0.2, -0.15) is 23.5 Å². The third kappa shape index (κ3) is 2.85. The number of nitriles is 1. The Morgan fingerprint density at radius 3 is 2.58 bits per heavy atom. The summed E-state index contributed by atoms with van der Waals surface area (Å²) in [6, 6.07) is 4.69. The normalized spacial score (nSPS) is 11.1. The summed E-state index contributed by atoms with van der Waals surface area (Å²) in [6.07, 6.45) is -1.70. The number of aromatic nitrogens is 2. The number of hydrogen-bond donors (Lipinski definition) is 0. The highest BCUT2D eigenvalue weighted by molar-refractivity contribution is 5.45. The van der Waals surface area contributed by atoms with E-state index < -0.39 is 17.3 Å². The highest BCUT2D eigenvalue weighted by atomic mass is 19.4. The zero-order valence-electron chi connectivity index (χ0n) is 9.77. The lowest BCUT2D eigenvalue weighted by Gasteiger charge is -2.10. The molecule has 2 aromatic rings. The molecule has 1 heterocycles. The summed E-state index contributed by atoms with van der Waals surface area (Å²) in [6.45, 7) is 0. The van der Waals surface area contributed by atoms with Gasteiger partial charge in [0.05, 0.1) is 29.6 Å². The Morgan fingerprint density at radius 2 is 2.05 bits per heavy atom. The first-order valence-corrected chi connectivity index (χ1v) is 5.18. The number of rotatable bonds is 2. The van der Waals surface area contributed by atoms with Gasteiger partial charge in [0.15, 0.2) is 5.75 Å². The van der Waals surface area contributed by atoms with Crippen LogP contribution in [0.1, 0.15) is 11.1 Å². The van der Waals surface area contributed by atoms with Gasteiger partial charge in [0, 0.05) is 7.05 Å². The largest absolute Gasteiger partial charge is 0.454 e. The molecule has 0 atom stereocenters. The van der Waals surface area contributed by atoms with Gasteiger partial charge in [0.2, 0.25) is 0 Å². The van der Waals surface area contributed by atoms with Gasteiger partial charge in [-0.15, -0.1) is 0 Å². The molecule has 98 valence electrons. The maximum Gasteiger partial charge on any atom is 0.417 e. The predicted octanol–water partition coefficient (Wildman–Crippen LogP) is 3.10. The topological polar surface area (TPSA) is 50.8 Å². The van der Waals surface area contributed by atoms with Crippen molar-refractivity contribution in [1.29, 1.82) is 5.26 Å². The Labute approximate surface area is 106 Å². The molecule has 0 bridgehead atoms. The highest BCUT2D eigenvalue weighted by Crippen LogP contribution is 2.35. The van der Waals surface area contributed by atoms with Gasteiger partial charge < -0.3 is 4.74 Å². The molecule has 0 aliphatic heterocycles. The molecule has 0 aliphatic carbocycles. The minimum atomic E-state index is -4.60. The Kier molecular flexibility index (Phi) is 3.17. The van der Waals surface area contributed by atoms with Crippen LogP contribution >= 0.6 is 0 Å². The summed E-state index contributed by atoms with van der Waals surface area (Å²) in [5.74, 6) is 0.319. The van der Waals surface area contributed by atoms with Crippen molar-refractivity contribution in [3.63, 3.8) is 0 Å². The maximum absolute atomic E-state index is 12.7. The summed E-state index contributed by atoms with van der Waals surface area (Å²) >= 11 is 0. The average molecular weight is 267 g/mol. The quantitative estimate of drug-likeness (QED) is 0.840. The van der Waals surface area contributed by atoms with Crippen LogP contribution in [-0.4, -0.2) is 9.78 Å². The van der Waals surface area contributed by atoms with Crippen molar-refractivity contribution in [2.24, 2.45) is 7.05 Å². The number of aryl methyl sites for hydroxylation is 1. The molecule has 0 aliphatic rings. The maximum atomic E-state index is 12.7. The van der Waals surface area contributed by atoms with Crippen LogP contribution in [-0.2, 0) is 13.2 Å². The number of hydrogen-bond acceptors (Lipinski definition) is 3. The van der Waals surface area contributed by atoms with Crippen molar-refractivity contribution in [3.05, 3.63) is 41.7 Å². The first kappa shape index (κ1) is 13.0. The van der Waals surface area contributed by atoms with Crippen molar-refractivity contribution in [1.82, 2.24) is 9.78 Å². The summed E-state index contributed by atoms with van der Waals surface area (Å²) in [7, 11) is 1.66. The molecule has 0 saturated heterocycles.